The van der Waals surface area contributed by atoms with Gasteiger partial charge in [0.1, 0.15) is 17.5 Å². The van der Waals surface area contributed by atoms with E-state index in [9.17, 15) is 19.5 Å². The van der Waals surface area contributed by atoms with Crippen LogP contribution in [0.2, 0.25) is 0 Å². The molecule has 1 aromatic heterocycles. The van der Waals surface area contributed by atoms with Crippen LogP contribution in [0.25, 0.3) is 11.0 Å². The first-order chi connectivity index (χ1) is 22.9. The van der Waals surface area contributed by atoms with Gasteiger partial charge in [-0.2, -0.15) is 0 Å². The zero-order chi connectivity index (χ0) is 32.6. The number of aromatic nitrogens is 2. The van der Waals surface area contributed by atoms with Crippen LogP contribution in [-0.4, -0.2) is 63.4 Å². The number of para-hydroxylation sites is 3. The van der Waals surface area contributed by atoms with E-state index in [0.717, 1.165) is 23.9 Å². The number of carbonyl (C=O) groups excluding carboxylic acids is 2. The summed E-state index contributed by atoms with van der Waals surface area (Å²) in [7, 11) is 0. The number of fused-ring (bicyclic) bond motifs is 1. The smallest absolute Gasteiger partial charge is 0.326 e. The fraction of sp³-hybridized carbons (Fsp3) is 0.237. The molecule has 238 valence electrons. The number of rotatable bonds is 15. The van der Waals surface area contributed by atoms with Crippen molar-refractivity contribution in [3.05, 3.63) is 132 Å². The van der Waals surface area contributed by atoms with Crippen LogP contribution in [0.15, 0.2) is 109 Å². The van der Waals surface area contributed by atoms with Gasteiger partial charge in [0, 0.05) is 36.3 Å². The van der Waals surface area contributed by atoms with E-state index in [4.69, 9.17) is 4.74 Å². The third-order valence-electron chi connectivity index (χ3n) is 8.17. The summed E-state index contributed by atoms with van der Waals surface area (Å²) in [6, 6.07) is 29.7. The van der Waals surface area contributed by atoms with E-state index in [1.54, 1.807) is 54.7 Å². The SMILES string of the molecule is O=C(c1ccccc1)c1ccccc1N[C@@H](Cc1ccc(OCCCN(CC2CC2)C(=O)c2cnc3ccccc3n2)cc1)C(=O)O. The van der Waals surface area contributed by atoms with E-state index in [2.05, 4.69) is 15.3 Å². The highest BCUT2D eigenvalue weighted by molar-refractivity contribution is 6.12. The molecule has 1 aliphatic rings. The lowest BCUT2D eigenvalue weighted by atomic mass is 10.00. The zero-order valence-corrected chi connectivity index (χ0v) is 25.9. The molecule has 6 rings (SSSR count). The van der Waals surface area contributed by atoms with E-state index >= 15 is 0 Å². The van der Waals surface area contributed by atoms with E-state index in [-0.39, 0.29) is 18.1 Å². The molecule has 0 unspecified atom stereocenters. The molecule has 1 aliphatic carbocycles. The van der Waals surface area contributed by atoms with Crippen LogP contribution in [-0.2, 0) is 11.2 Å². The van der Waals surface area contributed by atoms with Crippen molar-refractivity contribution in [1.29, 1.82) is 0 Å². The molecule has 0 spiro atoms. The Balaban J connectivity index is 1.03. The highest BCUT2D eigenvalue weighted by Gasteiger charge is 2.28. The lowest BCUT2D eigenvalue weighted by Crippen LogP contribution is -2.35. The van der Waals surface area contributed by atoms with E-state index in [1.807, 2.05) is 59.5 Å². The second-order valence-corrected chi connectivity index (χ2v) is 11.8. The number of hydrogen-bond acceptors (Lipinski definition) is 7. The van der Waals surface area contributed by atoms with Gasteiger partial charge in [0.05, 0.1) is 23.8 Å². The quantitative estimate of drug-likeness (QED) is 0.103. The number of nitrogens with one attached hydrogen (secondary N) is 1. The topological polar surface area (TPSA) is 122 Å². The van der Waals surface area contributed by atoms with Gasteiger partial charge >= 0.3 is 5.97 Å². The molecule has 5 aromatic rings. The average Bonchev–Trinajstić information content (AvgIpc) is 3.94. The van der Waals surface area contributed by atoms with E-state index < -0.39 is 12.0 Å². The molecule has 2 N–H and O–H groups in total. The van der Waals surface area contributed by atoms with Crippen molar-refractivity contribution in [1.82, 2.24) is 14.9 Å². The average molecular weight is 629 g/mol. The number of ether oxygens (including phenoxy) is 1. The minimum atomic E-state index is -1.02. The lowest BCUT2D eigenvalue weighted by Gasteiger charge is -2.22. The number of aliphatic carboxylic acids is 1. The largest absolute Gasteiger partial charge is 0.494 e. The lowest BCUT2D eigenvalue weighted by molar-refractivity contribution is -0.137. The Hall–Kier alpha value is -5.57. The van der Waals surface area contributed by atoms with Gasteiger partial charge in [-0.05, 0) is 67.1 Å². The summed E-state index contributed by atoms with van der Waals surface area (Å²) in [5, 5.41) is 13.1. The van der Waals surface area contributed by atoms with Gasteiger partial charge in [0.2, 0.25) is 0 Å². The van der Waals surface area contributed by atoms with Gasteiger partial charge in [0.25, 0.3) is 5.91 Å². The summed E-state index contributed by atoms with van der Waals surface area (Å²) >= 11 is 0. The zero-order valence-electron chi connectivity index (χ0n) is 25.9. The molecule has 9 heteroatoms. The summed E-state index contributed by atoms with van der Waals surface area (Å²) < 4.78 is 5.97. The summed E-state index contributed by atoms with van der Waals surface area (Å²) in [5.74, 6) is -0.127. The number of nitrogens with zero attached hydrogens (tertiary/aromatic N) is 3. The molecule has 0 radical (unpaired) electrons. The van der Waals surface area contributed by atoms with Crippen molar-refractivity contribution in [2.45, 2.75) is 31.7 Å². The maximum Gasteiger partial charge on any atom is 0.326 e. The first-order valence-corrected chi connectivity index (χ1v) is 15.9. The number of amides is 1. The maximum atomic E-state index is 13.3. The van der Waals surface area contributed by atoms with E-state index in [0.29, 0.717) is 65.8 Å². The molecule has 0 saturated heterocycles. The maximum absolute atomic E-state index is 13.3. The first-order valence-electron chi connectivity index (χ1n) is 15.9. The van der Waals surface area contributed by atoms with Gasteiger partial charge < -0.3 is 20.1 Å². The summed E-state index contributed by atoms with van der Waals surface area (Å²) in [6.07, 6.45) is 4.67. The van der Waals surface area contributed by atoms with E-state index in [1.165, 1.54) is 0 Å². The molecule has 47 heavy (non-hydrogen) atoms. The summed E-state index contributed by atoms with van der Waals surface area (Å²) in [6.45, 7) is 1.66. The molecule has 1 heterocycles. The monoisotopic (exact) mass is 628 g/mol. The minimum Gasteiger partial charge on any atom is -0.494 e. The molecule has 9 nitrogen and oxygen atoms in total. The number of carboxylic acids is 1. The van der Waals surface area contributed by atoms with Crippen molar-refractivity contribution >= 4 is 34.4 Å². The van der Waals surface area contributed by atoms with Crippen LogP contribution >= 0.6 is 0 Å². The first kappa shape index (κ1) is 31.4. The molecule has 4 aromatic carbocycles. The van der Waals surface area contributed by atoms with Crippen LogP contribution < -0.4 is 10.1 Å². The normalized spacial score (nSPS) is 13.1. The second-order valence-electron chi connectivity index (χ2n) is 11.8. The van der Waals surface area contributed by atoms with Crippen molar-refractivity contribution in [2.24, 2.45) is 5.92 Å². The summed E-state index contributed by atoms with van der Waals surface area (Å²) in [5.41, 5.74) is 4.03. The molecule has 1 amide bonds. The Bertz CT molecular complexity index is 1860. The number of hydrogen-bond donors (Lipinski definition) is 2. The molecule has 1 atom stereocenters. The Morgan fingerprint density at radius 2 is 1.57 bits per heavy atom. The molecular formula is C38H36N4O5. The van der Waals surface area contributed by atoms with Crippen LogP contribution in [0.5, 0.6) is 5.75 Å². The Morgan fingerprint density at radius 3 is 2.32 bits per heavy atom. The summed E-state index contributed by atoms with van der Waals surface area (Å²) in [4.78, 5) is 49.5. The molecule has 1 saturated carbocycles. The highest BCUT2D eigenvalue weighted by Crippen LogP contribution is 2.30. The molecular weight excluding hydrogens is 592 g/mol. The molecule has 0 bridgehead atoms. The minimum absolute atomic E-state index is 0.117. The predicted molar refractivity (Wildman–Crippen MR) is 180 cm³/mol. The number of carboxylic acid groups (broad SMARTS) is 1. The number of anilines is 1. The Labute approximate surface area is 273 Å². The van der Waals surface area contributed by atoms with Gasteiger partial charge in [-0.1, -0.05) is 66.7 Å². The third-order valence-corrected chi connectivity index (χ3v) is 8.17. The fourth-order valence-corrected chi connectivity index (χ4v) is 5.45. The van der Waals surface area contributed by atoms with Crippen LogP contribution in [0.1, 0.15) is 51.2 Å². The Kier molecular flexibility index (Phi) is 9.81. The fourth-order valence-electron chi connectivity index (χ4n) is 5.45. The third kappa shape index (κ3) is 8.18. The van der Waals surface area contributed by atoms with Gasteiger partial charge in [-0.15, -0.1) is 0 Å². The van der Waals surface area contributed by atoms with Crippen molar-refractivity contribution in [2.75, 3.05) is 25.0 Å². The van der Waals surface area contributed by atoms with Crippen LogP contribution in [0.4, 0.5) is 5.69 Å². The van der Waals surface area contributed by atoms with Gasteiger partial charge in [-0.3, -0.25) is 14.6 Å². The van der Waals surface area contributed by atoms with Crippen molar-refractivity contribution in [3.8, 4) is 5.75 Å². The molecule has 1 fully saturated rings. The highest BCUT2D eigenvalue weighted by atomic mass is 16.5. The van der Waals surface area contributed by atoms with Crippen LogP contribution in [0.3, 0.4) is 0 Å². The van der Waals surface area contributed by atoms with Crippen LogP contribution in [0, 0.1) is 5.92 Å². The Morgan fingerprint density at radius 1 is 0.872 bits per heavy atom. The van der Waals surface area contributed by atoms with Crippen molar-refractivity contribution in [3.63, 3.8) is 0 Å². The predicted octanol–water partition coefficient (Wildman–Crippen LogP) is 6.29. The van der Waals surface area contributed by atoms with Gasteiger partial charge in [-0.25, -0.2) is 9.78 Å². The number of ketones is 1. The number of benzene rings is 4. The van der Waals surface area contributed by atoms with Gasteiger partial charge in [0.15, 0.2) is 5.78 Å². The van der Waals surface area contributed by atoms with Crippen molar-refractivity contribution < 1.29 is 24.2 Å². The second kappa shape index (κ2) is 14.7. The standard InChI is InChI=1S/C38H36N4O5/c43-36(28-9-2-1-3-10-28)30-11-4-5-12-31(30)40-34(38(45)46)23-26-17-19-29(20-18-26)47-22-8-21-42(25-27-15-16-27)37(44)35-24-39-32-13-6-7-14-33(32)41-35/h1-7,9-14,17-20,24,27,34,40H,8,15-16,21-23,25H2,(H,45,46)/t34-/m0/s1. The molecule has 0 aliphatic heterocycles. The number of carbonyl (C=O) groups is 3.